The lowest BCUT2D eigenvalue weighted by atomic mass is 9.87. The van der Waals surface area contributed by atoms with Gasteiger partial charge in [0.1, 0.15) is 5.01 Å². The molecule has 0 atom stereocenters. The summed E-state index contributed by atoms with van der Waals surface area (Å²) in [5.74, 6) is 0.284. The Hall–Kier alpha value is -2.27. The molecule has 118 valence electrons. The third-order valence-electron chi connectivity index (χ3n) is 3.70. The number of hydrogen-bond acceptors (Lipinski definition) is 5. The predicted molar refractivity (Wildman–Crippen MR) is 96.4 cm³/mol. The predicted octanol–water partition coefficient (Wildman–Crippen LogP) is 4.46. The number of benzene rings is 1. The van der Waals surface area contributed by atoms with E-state index in [0.717, 1.165) is 26.8 Å². The van der Waals surface area contributed by atoms with E-state index in [1.165, 1.54) is 5.56 Å². The second-order valence-corrected chi connectivity index (χ2v) is 7.56. The summed E-state index contributed by atoms with van der Waals surface area (Å²) in [7, 11) is 0. The van der Waals surface area contributed by atoms with Gasteiger partial charge >= 0.3 is 0 Å². The number of nitrogen functional groups attached to an aromatic ring is 1. The van der Waals surface area contributed by atoms with Gasteiger partial charge in [-0.25, -0.2) is 15.0 Å². The van der Waals surface area contributed by atoms with Gasteiger partial charge in [0.05, 0.1) is 16.3 Å². The van der Waals surface area contributed by atoms with E-state index in [9.17, 15) is 0 Å². The minimum absolute atomic E-state index is 0.154. The number of nitrogens with two attached hydrogens (primary N) is 1. The van der Waals surface area contributed by atoms with Gasteiger partial charge in [0.2, 0.25) is 5.95 Å². The van der Waals surface area contributed by atoms with Gasteiger partial charge in [0, 0.05) is 11.8 Å². The Balaban J connectivity index is 1.98. The first kappa shape index (κ1) is 15.6. The molecule has 2 N–H and O–H groups in total. The molecule has 3 aromatic rings. The van der Waals surface area contributed by atoms with E-state index >= 15 is 0 Å². The SMILES string of the molecule is Cc1nc(-c2ccc(C(C)(C)C)cc2)sc1-c1ccnc(N)n1. The average Bonchev–Trinajstić information content (AvgIpc) is 2.88. The van der Waals surface area contributed by atoms with Crippen molar-refractivity contribution in [3.63, 3.8) is 0 Å². The first-order valence-electron chi connectivity index (χ1n) is 7.52. The van der Waals surface area contributed by atoms with Crippen molar-refractivity contribution in [1.82, 2.24) is 15.0 Å². The van der Waals surface area contributed by atoms with Crippen molar-refractivity contribution in [3.05, 3.63) is 47.8 Å². The van der Waals surface area contributed by atoms with E-state index < -0.39 is 0 Å². The lowest BCUT2D eigenvalue weighted by molar-refractivity contribution is 0.590. The fourth-order valence-corrected chi connectivity index (χ4v) is 3.41. The molecule has 0 aliphatic carbocycles. The zero-order chi connectivity index (χ0) is 16.6. The number of aromatic nitrogens is 3. The number of aryl methyl sites for hydroxylation is 1. The summed E-state index contributed by atoms with van der Waals surface area (Å²) in [5.41, 5.74) is 10.1. The van der Waals surface area contributed by atoms with E-state index in [-0.39, 0.29) is 11.4 Å². The van der Waals surface area contributed by atoms with Crippen LogP contribution in [0.3, 0.4) is 0 Å². The minimum Gasteiger partial charge on any atom is -0.368 e. The van der Waals surface area contributed by atoms with E-state index in [4.69, 9.17) is 10.7 Å². The Morgan fingerprint density at radius 3 is 2.30 bits per heavy atom. The van der Waals surface area contributed by atoms with Crippen molar-refractivity contribution in [2.24, 2.45) is 0 Å². The first-order chi connectivity index (χ1) is 10.8. The van der Waals surface area contributed by atoms with E-state index in [0.29, 0.717) is 0 Å². The molecule has 0 radical (unpaired) electrons. The highest BCUT2D eigenvalue weighted by atomic mass is 32.1. The standard InChI is InChI=1S/C18H20N4S/c1-11-15(14-9-10-20-17(19)22-14)23-16(21-11)12-5-7-13(8-6-12)18(2,3)4/h5-10H,1-4H3,(H2,19,20,22). The Morgan fingerprint density at radius 2 is 1.70 bits per heavy atom. The number of anilines is 1. The lowest BCUT2D eigenvalue weighted by Crippen LogP contribution is -2.10. The third-order valence-corrected chi connectivity index (χ3v) is 4.93. The van der Waals surface area contributed by atoms with Crippen LogP contribution in [0, 0.1) is 6.92 Å². The van der Waals surface area contributed by atoms with Crippen LogP contribution in [0.25, 0.3) is 21.1 Å². The van der Waals surface area contributed by atoms with Crippen molar-refractivity contribution in [2.45, 2.75) is 33.1 Å². The molecule has 2 aromatic heterocycles. The van der Waals surface area contributed by atoms with Gasteiger partial charge in [-0.2, -0.15) is 0 Å². The van der Waals surface area contributed by atoms with Crippen LogP contribution < -0.4 is 5.73 Å². The molecular formula is C18H20N4S. The van der Waals surface area contributed by atoms with Crippen LogP contribution in [-0.4, -0.2) is 15.0 Å². The third kappa shape index (κ3) is 3.24. The topological polar surface area (TPSA) is 64.7 Å². The summed E-state index contributed by atoms with van der Waals surface area (Å²) in [5, 5.41) is 0.996. The van der Waals surface area contributed by atoms with Crippen molar-refractivity contribution in [2.75, 3.05) is 5.73 Å². The van der Waals surface area contributed by atoms with Gasteiger partial charge in [0.15, 0.2) is 0 Å². The molecule has 3 rings (SSSR count). The van der Waals surface area contributed by atoms with Gasteiger partial charge in [-0.3, -0.25) is 0 Å². The van der Waals surface area contributed by atoms with Crippen LogP contribution in [0.15, 0.2) is 36.5 Å². The molecule has 4 nitrogen and oxygen atoms in total. The summed E-state index contributed by atoms with van der Waals surface area (Å²) in [6, 6.07) is 10.5. The summed E-state index contributed by atoms with van der Waals surface area (Å²) in [6.45, 7) is 8.64. The molecule has 5 heteroatoms. The Kier molecular flexibility index (Phi) is 3.90. The van der Waals surface area contributed by atoms with Gasteiger partial charge < -0.3 is 5.73 Å². The van der Waals surface area contributed by atoms with Crippen molar-refractivity contribution < 1.29 is 0 Å². The molecule has 0 aliphatic heterocycles. The maximum atomic E-state index is 5.68. The zero-order valence-corrected chi connectivity index (χ0v) is 14.6. The Morgan fingerprint density at radius 1 is 1.00 bits per heavy atom. The highest BCUT2D eigenvalue weighted by Crippen LogP contribution is 2.35. The monoisotopic (exact) mass is 324 g/mol. The van der Waals surface area contributed by atoms with Gasteiger partial charge in [-0.15, -0.1) is 11.3 Å². The second-order valence-electron chi connectivity index (χ2n) is 6.56. The van der Waals surface area contributed by atoms with Crippen LogP contribution in [-0.2, 0) is 5.41 Å². The smallest absolute Gasteiger partial charge is 0.220 e. The molecule has 1 aromatic carbocycles. The number of thiazole rings is 1. The van der Waals surface area contributed by atoms with Crippen LogP contribution >= 0.6 is 11.3 Å². The molecule has 2 heterocycles. The molecule has 0 unspecified atom stereocenters. The lowest BCUT2D eigenvalue weighted by Gasteiger charge is -2.18. The van der Waals surface area contributed by atoms with Crippen molar-refractivity contribution in [1.29, 1.82) is 0 Å². The summed E-state index contributed by atoms with van der Waals surface area (Å²) >= 11 is 1.63. The quantitative estimate of drug-likeness (QED) is 0.756. The maximum absolute atomic E-state index is 5.68. The fraction of sp³-hybridized carbons (Fsp3) is 0.278. The number of rotatable bonds is 2. The number of hydrogen-bond donors (Lipinski definition) is 1. The molecule has 0 fully saturated rings. The highest BCUT2D eigenvalue weighted by Gasteiger charge is 2.15. The fourth-order valence-electron chi connectivity index (χ4n) is 2.37. The Labute approximate surface area is 140 Å². The van der Waals surface area contributed by atoms with Crippen LogP contribution in [0.2, 0.25) is 0 Å². The maximum Gasteiger partial charge on any atom is 0.220 e. The first-order valence-corrected chi connectivity index (χ1v) is 8.33. The summed E-state index contributed by atoms with van der Waals surface area (Å²) in [4.78, 5) is 14.0. The van der Waals surface area contributed by atoms with Crippen LogP contribution in [0.4, 0.5) is 5.95 Å². The largest absolute Gasteiger partial charge is 0.368 e. The molecule has 0 bridgehead atoms. The Bertz CT molecular complexity index is 829. The number of nitrogens with zero attached hydrogens (tertiary/aromatic N) is 3. The van der Waals surface area contributed by atoms with E-state index in [1.54, 1.807) is 17.5 Å². The van der Waals surface area contributed by atoms with Crippen LogP contribution in [0.5, 0.6) is 0 Å². The van der Waals surface area contributed by atoms with Gasteiger partial charge in [-0.05, 0) is 24.0 Å². The molecule has 0 spiro atoms. The normalized spacial score (nSPS) is 11.7. The van der Waals surface area contributed by atoms with E-state index in [1.807, 2.05) is 13.0 Å². The minimum atomic E-state index is 0.154. The molecule has 0 aliphatic rings. The van der Waals surface area contributed by atoms with Gasteiger partial charge in [0.25, 0.3) is 0 Å². The van der Waals surface area contributed by atoms with E-state index in [2.05, 4.69) is 55.0 Å². The van der Waals surface area contributed by atoms with Crippen LogP contribution in [0.1, 0.15) is 32.0 Å². The van der Waals surface area contributed by atoms with Crippen molar-refractivity contribution >= 4 is 17.3 Å². The summed E-state index contributed by atoms with van der Waals surface area (Å²) in [6.07, 6.45) is 1.68. The molecular weight excluding hydrogens is 304 g/mol. The second kappa shape index (κ2) is 5.74. The van der Waals surface area contributed by atoms with Gasteiger partial charge in [-0.1, -0.05) is 45.0 Å². The average molecular weight is 324 g/mol. The highest BCUT2D eigenvalue weighted by molar-refractivity contribution is 7.18. The van der Waals surface area contributed by atoms with Crippen molar-refractivity contribution in [3.8, 4) is 21.1 Å². The zero-order valence-electron chi connectivity index (χ0n) is 13.8. The molecule has 0 amide bonds. The molecule has 23 heavy (non-hydrogen) atoms. The molecule has 0 saturated heterocycles. The summed E-state index contributed by atoms with van der Waals surface area (Å²) < 4.78 is 0. The molecule has 0 saturated carbocycles.